The van der Waals surface area contributed by atoms with Crippen LogP contribution in [0.1, 0.15) is 27.0 Å². The van der Waals surface area contributed by atoms with Crippen LogP contribution in [0.2, 0.25) is 0 Å². The maximum atomic E-state index is 12.9. The Morgan fingerprint density at radius 2 is 1.47 bits per heavy atom. The third-order valence-electron chi connectivity index (χ3n) is 4.99. The Hall–Kier alpha value is -3.51. The van der Waals surface area contributed by atoms with Crippen LogP contribution in [0.3, 0.4) is 0 Å². The zero-order valence-corrected chi connectivity index (χ0v) is 19.1. The molecule has 0 saturated heterocycles. The van der Waals surface area contributed by atoms with E-state index in [4.69, 9.17) is 14.2 Å². The average Bonchev–Trinajstić information content (AvgIpc) is 2.81. The van der Waals surface area contributed by atoms with Crippen LogP contribution in [0.4, 0.5) is 0 Å². The number of nitrogens with one attached hydrogen (secondary N) is 1. The highest BCUT2D eigenvalue weighted by molar-refractivity contribution is 5.95. The highest BCUT2D eigenvalue weighted by Crippen LogP contribution is 2.39. The van der Waals surface area contributed by atoms with E-state index in [0.717, 1.165) is 17.7 Å². The van der Waals surface area contributed by atoms with Gasteiger partial charge < -0.3 is 24.4 Å². The summed E-state index contributed by atoms with van der Waals surface area (Å²) in [6.45, 7) is 1.60. The second-order valence-corrected chi connectivity index (χ2v) is 7.67. The standard InChI is InChI=1S/C26H30N2O4/c1-28(2)17-21-13-9-8-12-20(21)16-27-26(29)22-14-23(30-3)25(24(15-22)31-4)32-18-19-10-6-5-7-11-19/h5-15H,16-18H2,1-4H3,(H,27,29). The molecular weight excluding hydrogens is 404 g/mol. The molecule has 3 aromatic rings. The molecule has 6 nitrogen and oxygen atoms in total. The molecule has 0 heterocycles. The van der Waals surface area contributed by atoms with E-state index >= 15 is 0 Å². The summed E-state index contributed by atoms with van der Waals surface area (Å²) in [4.78, 5) is 15.0. The maximum absolute atomic E-state index is 12.9. The molecule has 0 aliphatic rings. The van der Waals surface area contributed by atoms with Crippen LogP contribution in [0.25, 0.3) is 0 Å². The van der Waals surface area contributed by atoms with Crippen LogP contribution in [0.5, 0.6) is 17.2 Å². The lowest BCUT2D eigenvalue weighted by atomic mass is 10.1. The normalized spacial score (nSPS) is 10.7. The van der Waals surface area contributed by atoms with E-state index in [9.17, 15) is 4.79 Å². The first kappa shape index (κ1) is 23.2. The number of rotatable bonds is 10. The second-order valence-electron chi connectivity index (χ2n) is 7.67. The van der Waals surface area contributed by atoms with Gasteiger partial charge in [0, 0.05) is 18.7 Å². The molecule has 0 aliphatic carbocycles. The van der Waals surface area contributed by atoms with Crippen molar-refractivity contribution in [3.05, 3.63) is 89.0 Å². The zero-order chi connectivity index (χ0) is 22.9. The topological polar surface area (TPSA) is 60.0 Å². The van der Waals surface area contributed by atoms with Crippen molar-refractivity contribution in [3.8, 4) is 17.2 Å². The summed E-state index contributed by atoms with van der Waals surface area (Å²) in [5.74, 6) is 1.14. The van der Waals surface area contributed by atoms with Crippen LogP contribution in [0, 0.1) is 0 Å². The van der Waals surface area contributed by atoms with Gasteiger partial charge in [-0.25, -0.2) is 0 Å². The van der Waals surface area contributed by atoms with E-state index in [2.05, 4.69) is 16.3 Å². The number of hydrogen-bond donors (Lipinski definition) is 1. The summed E-state index contributed by atoms with van der Waals surface area (Å²) in [5.41, 5.74) is 3.72. The number of benzene rings is 3. The van der Waals surface area contributed by atoms with Gasteiger partial charge in [0.05, 0.1) is 14.2 Å². The van der Waals surface area contributed by atoms with Crippen LogP contribution < -0.4 is 19.5 Å². The first-order valence-corrected chi connectivity index (χ1v) is 10.4. The minimum atomic E-state index is -0.212. The summed E-state index contributed by atoms with van der Waals surface area (Å²) in [6, 6.07) is 21.3. The van der Waals surface area contributed by atoms with Gasteiger partial charge in [0.25, 0.3) is 5.91 Å². The Balaban J connectivity index is 1.75. The SMILES string of the molecule is COc1cc(C(=O)NCc2ccccc2CN(C)C)cc(OC)c1OCc1ccccc1. The molecule has 0 spiro atoms. The number of amides is 1. The molecule has 3 aromatic carbocycles. The molecule has 3 rings (SSSR count). The number of carbonyl (C=O) groups is 1. The monoisotopic (exact) mass is 434 g/mol. The van der Waals surface area contributed by atoms with Crippen molar-refractivity contribution in [2.24, 2.45) is 0 Å². The Morgan fingerprint density at radius 3 is 2.06 bits per heavy atom. The lowest BCUT2D eigenvalue weighted by Gasteiger charge is -2.17. The second kappa shape index (κ2) is 11.2. The molecule has 0 fully saturated rings. The quantitative estimate of drug-likeness (QED) is 0.516. The van der Waals surface area contributed by atoms with Crippen molar-refractivity contribution in [1.29, 1.82) is 0 Å². The minimum absolute atomic E-state index is 0.212. The molecule has 0 atom stereocenters. The lowest BCUT2D eigenvalue weighted by molar-refractivity contribution is 0.0950. The van der Waals surface area contributed by atoms with Gasteiger partial charge >= 0.3 is 0 Å². The lowest BCUT2D eigenvalue weighted by Crippen LogP contribution is -2.24. The summed E-state index contributed by atoms with van der Waals surface area (Å²) in [6.07, 6.45) is 0. The Kier molecular flexibility index (Phi) is 8.11. The van der Waals surface area contributed by atoms with Crippen LogP contribution in [-0.4, -0.2) is 39.1 Å². The van der Waals surface area contributed by atoms with E-state index < -0.39 is 0 Å². The molecule has 0 radical (unpaired) electrons. The largest absolute Gasteiger partial charge is 0.493 e. The smallest absolute Gasteiger partial charge is 0.251 e. The fourth-order valence-corrected chi connectivity index (χ4v) is 3.39. The highest BCUT2D eigenvalue weighted by atomic mass is 16.5. The number of carbonyl (C=O) groups excluding carboxylic acids is 1. The zero-order valence-electron chi connectivity index (χ0n) is 19.1. The summed E-state index contributed by atoms with van der Waals surface area (Å²) >= 11 is 0. The van der Waals surface area contributed by atoms with E-state index in [1.807, 2.05) is 62.6 Å². The Labute approximate surface area is 189 Å². The van der Waals surface area contributed by atoms with Crippen LogP contribution >= 0.6 is 0 Å². The van der Waals surface area contributed by atoms with Gasteiger partial charge in [-0.1, -0.05) is 54.6 Å². The number of ether oxygens (including phenoxy) is 3. The van der Waals surface area contributed by atoms with Crippen molar-refractivity contribution in [2.75, 3.05) is 28.3 Å². The minimum Gasteiger partial charge on any atom is -0.493 e. The van der Waals surface area contributed by atoms with E-state index in [1.54, 1.807) is 26.4 Å². The molecule has 1 amide bonds. The van der Waals surface area contributed by atoms with Crippen molar-refractivity contribution in [2.45, 2.75) is 19.7 Å². The van der Waals surface area contributed by atoms with Gasteiger partial charge in [-0.15, -0.1) is 0 Å². The van der Waals surface area contributed by atoms with E-state index in [1.165, 1.54) is 5.56 Å². The van der Waals surface area contributed by atoms with Gasteiger partial charge in [-0.3, -0.25) is 4.79 Å². The molecule has 6 heteroatoms. The van der Waals surface area contributed by atoms with Gasteiger partial charge in [0.15, 0.2) is 11.5 Å². The number of nitrogens with zero attached hydrogens (tertiary/aromatic N) is 1. The Morgan fingerprint density at radius 1 is 0.875 bits per heavy atom. The summed E-state index contributed by atoms with van der Waals surface area (Å²) < 4.78 is 17.0. The average molecular weight is 435 g/mol. The molecule has 168 valence electrons. The van der Waals surface area contributed by atoms with Crippen molar-refractivity contribution in [3.63, 3.8) is 0 Å². The van der Waals surface area contributed by atoms with E-state index in [-0.39, 0.29) is 5.91 Å². The van der Waals surface area contributed by atoms with Gasteiger partial charge in [-0.05, 0) is 42.9 Å². The fraction of sp³-hybridized carbons (Fsp3) is 0.269. The Bertz CT molecular complexity index is 1010. The molecule has 0 saturated carbocycles. The van der Waals surface area contributed by atoms with Gasteiger partial charge in [0.1, 0.15) is 6.61 Å². The highest BCUT2D eigenvalue weighted by Gasteiger charge is 2.18. The molecule has 32 heavy (non-hydrogen) atoms. The molecular formula is C26H30N2O4. The molecule has 0 unspecified atom stereocenters. The van der Waals surface area contributed by atoms with Gasteiger partial charge in [-0.2, -0.15) is 0 Å². The number of methoxy groups -OCH3 is 2. The van der Waals surface area contributed by atoms with Gasteiger partial charge in [0.2, 0.25) is 5.75 Å². The summed E-state index contributed by atoms with van der Waals surface area (Å²) in [5, 5.41) is 3.00. The molecule has 0 aromatic heterocycles. The van der Waals surface area contributed by atoms with Crippen LogP contribution in [-0.2, 0) is 19.7 Å². The third kappa shape index (κ3) is 6.02. The first-order chi connectivity index (χ1) is 15.5. The van der Waals surface area contributed by atoms with Crippen LogP contribution in [0.15, 0.2) is 66.7 Å². The predicted octanol–water partition coefficient (Wildman–Crippen LogP) is 4.27. The molecule has 0 aliphatic heterocycles. The summed E-state index contributed by atoms with van der Waals surface area (Å²) in [7, 11) is 7.14. The third-order valence-corrected chi connectivity index (χ3v) is 4.99. The maximum Gasteiger partial charge on any atom is 0.251 e. The van der Waals surface area contributed by atoms with Crippen molar-refractivity contribution >= 4 is 5.91 Å². The predicted molar refractivity (Wildman–Crippen MR) is 125 cm³/mol. The molecule has 1 N–H and O–H groups in total. The number of hydrogen-bond acceptors (Lipinski definition) is 5. The first-order valence-electron chi connectivity index (χ1n) is 10.4. The van der Waals surface area contributed by atoms with Crippen molar-refractivity contribution in [1.82, 2.24) is 10.2 Å². The fourth-order valence-electron chi connectivity index (χ4n) is 3.39. The van der Waals surface area contributed by atoms with Crippen molar-refractivity contribution < 1.29 is 19.0 Å². The molecule has 0 bridgehead atoms. The van der Waals surface area contributed by atoms with E-state index in [0.29, 0.717) is 36.0 Å².